The molecule has 5 nitrogen and oxygen atoms in total. The van der Waals surface area contributed by atoms with Crippen LogP contribution in [0.4, 0.5) is 0 Å². The lowest BCUT2D eigenvalue weighted by molar-refractivity contribution is -0.158. The molecule has 1 heterocycles. The summed E-state index contributed by atoms with van der Waals surface area (Å²) in [5.74, 6) is -0.149. The number of aliphatic hydroxyl groups excluding tert-OH is 1. The van der Waals surface area contributed by atoms with Gasteiger partial charge in [-0.15, -0.1) is 6.58 Å². The van der Waals surface area contributed by atoms with Gasteiger partial charge in [-0.05, 0) is 39.2 Å². The van der Waals surface area contributed by atoms with Crippen molar-refractivity contribution in [1.82, 2.24) is 10.2 Å². The number of carbonyl (C=O) groups excluding carboxylic acids is 1. The first kappa shape index (κ1) is 15.5. The summed E-state index contributed by atoms with van der Waals surface area (Å²) in [6.45, 7) is 5.47. The Bertz CT molecular complexity index is 344. The SMILES string of the molecule is C=CCN(C)CC[C@@H]1CC[C@H](O)[C@@H](C(=O)NC2CC2)O1. The molecule has 0 aromatic carbocycles. The highest BCUT2D eigenvalue weighted by molar-refractivity contribution is 5.82. The molecule has 2 N–H and O–H groups in total. The second-order valence-electron chi connectivity index (χ2n) is 5.95. The van der Waals surface area contributed by atoms with Crippen molar-refractivity contribution < 1.29 is 14.6 Å². The zero-order chi connectivity index (χ0) is 14.5. The van der Waals surface area contributed by atoms with Crippen molar-refractivity contribution >= 4 is 5.91 Å². The van der Waals surface area contributed by atoms with Gasteiger partial charge >= 0.3 is 0 Å². The lowest BCUT2D eigenvalue weighted by atomic mass is 9.98. The Labute approximate surface area is 121 Å². The van der Waals surface area contributed by atoms with E-state index in [9.17, 15) is 9.90 Å². The highest BCUT2D eigenvalue weighted by Crippen LogP contribution is 2.24. The van der Waals surface area contributed by atoms with Gasteiger partial charge in [0.25, 0.3) is 5.91 Å². The van der Waals surface area contributed by atoms with Gasteiger partial charge in [0.15, 0.2) is 6.10 Å². The van der Waals surface area contributed by atoms with E-state index >= 15 is 0 Å². The van der Waals surface area contributed by atoms with Crippen molar-refractivity contribution in [2.24, 2.45) is 0 Å². The van der Waals surface area contributed by atoms with E-state index in [-0.39, 0.29) is 12.0 Å². The van der Waals surface area contributed by atoms with Gasteiger partial charge in [0, 0.05) is 19.1 Å². The number of aliphatic hydroxyl groups is 1. The van der Waals surface area contributed by atoms with Crippen molar-refractivity contribution in [2.75, 3.05) is 20.1 Å². The van der Waals surface area contributed by atoms with Crippen molar-refractivity contribution in [1.29, 1.82) is 0 Å². The Hall–Kier alpha value is -0.910. The van der Waals surface area contributed by atoms with Crippen LogP contribution < -0.4 is 5.32 Å². The minimum Gasteiger partial charge on any atom is -0.390 e. The molecule has 1 aliphatic heterocycles. The summed E-state index contributed by atoms with van der Waals surface area (Å²) in [6.07, 6.45) is 4.99. The van der Waals surface area contributed by atoms with E-state index < -0.39 is 12.2 Å². The van der Waals surface area contributed by atoms with Crippen molar-refractivity contribution in [3.63, 3.8) is 0 Å². The van der Waals surface area contributed by atoms with E-state index in [4.69, 9.17) is 4.74 Å². The lowest BCUT2D eigenvalue weighted by Gasteiger charge is -2.33. The van der Waals surface area contributed by atoms with Crippen LogP contribution in [0, 0.1) is 0 Å². The molecule has 1 amide bonds. The average Bonchev–Trinajstić information content (AvgIpc) is 3.22. The van der Waals surface area contributed by atoms with Gasteiger partial charge in [0.2, 0.25) is 0 Å². The van der Waals surface area contributed by atoms with Crippen molar-refractivity contribution in [3.05, 3.63) is 12.7 Å². The summed E-state index contributed by atoms with van der Waals surface area (Å²) in [7, 11) is 2.04. The molecule has 0 radical (unpaired) electrons. The number of amides is 1. The molecule has 1 saturated heterocycles. The molecule has 0 unspecified atom stereocenters. The second kappa shape index (κ2) is 7.20. The maximum atomic E-state index is 12.0. The van der Waals surface area contributed by atoms with Crippen LogP contribution in [0.25, 0.3) is 0 Å². The first-order valence-electron chi connectivity index (χ1n) is 7.53. The summed E-state index contributed by atoms with van der Waals surface area (Å²) in [5.41, 5.74) is 0. The molecule has 5 heteroatoms. The van der Waals surface area contributed by atoms with Gasteiger partial charge in [-0.2, -0.15) is 0 Å². The molecular weight excluding hydrogens is 256 g/mol. The predicted octanol–water partition coefficient (Wildman–Crippen LogP) is 0.681. The van der Waals surface area contributed by atoms with E-state index in [2.05, 4.69) is 16.8 Å². The number of hydrogen-bond acceptors (Lipinski definition) is 4. The zero-order valence-corrected chi connectivity index (χ0v) is 12.3. The van der Waals surface area contributed by atoms with Gasteiger partial charge in [0.1, 0.15) is 0 Å². The van der Waals surface area contributed by atoms with Crippen molar-refractivity contribution in [3.8, 4) is 0 Å². The van der Waals surface area contributed by atoms with Crippen LogP contribution >= 0.6 is 0 Å². The maximum Gasteiger partial charge on any atom is 0.252 e. The highest BCUT2D eigenvalue weighted by Gasteiger charge is 2.37. The van der Waals surface area contributed by atoms with Crippen LogP contribution in [-0.4, -0.2) is 60.4 Å². The van der Waals surface area contributed by atoms with Crippen LogP contribution in [0.5, 0.6) is 0 Å². The van der Waals surface area contributed by atoms with Crippen LogP contribution in [0.3, 0.4) is 0 Å². The number of ether oxygens (including phenoxy) is 1. The van der Waals surface area contributed by atoms with E-state index in [0.717, 1.165) is 38.8 Å². The first-order chi connectivity index (χ1) is 9.60. The van der Waals surface area contributed by atoms with Gasteiger partial charge < -0.3 is 20.1 Å². The zero-order valence-electron chi connectivity index (χ0n) is 12.3. The molecule has 1 saturated carbocycles. The van der Waals surface area contributed by atoms with Gasteiger partial charge in [-0.3, -0.25) is 4.79 Å². The Balaban J connectivity index is 1.77. The summed E-state index contributed by atoms with van der Waals surface area (Å²) >= 11 is 0. The van der Waals surface area contributed by atoms with E-state index in [1.54, 1.807) is 0 Å². The number of hydrogen-bond donors (Lipinski definition) is 2. The van der Waals surface area contributed by atoms with Crippen LogP contribution in [0.2, 0.25) is 0 Å². The monoisotopic (exact) mass is 282 g/mol. The molecule has 2 rings (SSSR count). The van der Waals surface area contributed by atoms with E-state index in [1.807, 2.05) is 13.1 Å². The normalized spacial score (nSPS) is 30.2. The van der Waals surface area contributed by atoms with E-state index in [1.165, 1.54) is 0 Å². The van der Waals surface area contributed by atoms with Crippen molar-refractivity contribution in [2.45, 2.75) is 56.5 Å². The standard InChI is InChI=1S/C15H26N2O3/c1-3-9-17(2)10-8-12-6-7-13(18)14(20-12)15(19)16-11-4-5-11/h3,11-14,18H,1,4-10H2,2H3,(H,16,19)/t12-,13-,14-/m0/s1. The maximum absolute atomic E-state index is 12.0. The quantitative estimate of drug-likeness (QED) is 0.674. The third-order valence-corrected chi connectivity index (χ3v) is 3.93. The number of likely N-dealkylation sites (N-methyl/N-ethyl adjacent to an activating group) is 1. The molecule has 0 aromatic rings. The summed E-state index contributed by atoms with van der Waals surface area (Å²) in [6, 6.07) is 0.303. The predicted molar refractivity (Wildman–Crippen MR) is 77.4 cm³/mol. The fourth-order valence-electron chi connectivity index (χ4n) is 2.51. The number of carbonyl (C=O) groups is 1. The van der Waals surface area contributed by atoms with Gasteiger partial charge in [-0.1, -0.05) is 6.08 Å². The van der Waals surface area contributed by atoms with Crippen LogP contribution in [-0.2, 0) is 9.53 Å². The Kier molecular flexibility index (Phi) is 5.57. The van der Waals surface area contributed by atoms with E-state index in [0.29, 0.717) is 12.5 Å². The number of nitrogens with zero attached hydrogens (tertiary/aromatic N) is 1. The molecule has 0 aromatic heterocycles. The van der Waals surface area contributed by atoms with Gasteiger partial charge in [-0.25, -0.2) is 0 Å². The summed E-state index contributed by atoms with van der Waals surface area (Å²) < 4.78 is 5.80. The third kappa shape index (κ3) is 4.58. The second-order valence-corrected chi connectivity index (χ2v) is 5.95. The topological polar surface area (TPSA) is 61.8 Å². The average molecular weight is 282 g/mol. The summed E-state index contributed by atoms with van der Waals surface area (Å²) in [5, 5.41) is 12.9. The fraction of sp³-hybridized carbons (Fsp3) is 0.800. The first-order valence-corrected chi connectivity index (χ1v) is 7.53. The third-order valence-electron chi connectivity index (χ3n) is 3.93. The molecule has 2 aliphatic rings. The molecule has 3 atom stereocenters. The molecule has 1 aliphatic carbocycles. The smallest absolute Gasteiger partial charge is 0.252 e. The summed E-state index contributed by atoms with van der Waals surface area (Å²) in [4.78, 5) is 14.2. The molecule has 20 heavy (non-hydrogen) atoms. The number of rotatable bonds is 7. The molecule has 0 spiro atoms. The highest BCUT2D eigenvalue weighted by atomic mass is 16.5. The van der Waals surface area contributed by atoms with Gasteiger partial charge in [0.05, 0.1) is 12.2 Å². The minimum absolute atomic E-state index is 0.0561. The molecule has 2 fully saturated rings. The minimum atomic E-state index is -0.695. The van der Waals surface area contributed by atoms with Crippen LogP contribution in [0.15, 0.2) is 12.7 Å². The fourth-order valence-corrected chi connectivity index (χ4v) is 2.51. The van der Waals surface area contributed by atoms with Crippen LogP contribution in [0.1, 0.15) is 32.1 Å². The molecule has 0 bridgehead atoms. The largest absolute Gasteiger partial charge is 0.390 e. The number of nitrogens with one attached hydrogen (secondary N) is 1. The Morgan fingerprint density at radius 1 is 1.45 bits per heavy atom. The molecule has 114 valence electrons. The molecular formula is C15H26N2O3. The lowest BCUT2D eigenvalue weighted by Crippen LogP contribution is -2.49. The Morgan fingerprint density at radius 2 is 2.20 bits per heavy atom. The Morgan fingerprint density at radius 3 is 2.85 bits per heavy atom.